The van der Waals surface area contributed by atoms with Gasteiger partial charge in [0.15, 0.2) is 17.1 Å². The van der Waals surface area contributed by atoms with Gasteiger partial charge in [0.2, 0.25) is 5.89 Å². The van der Waals surface area contributed by atoms with Gasteiger partial charge in [0, 0.05) is 17.5 Å². The number of rotatable bonds is 2. The Kier molecular flexibility index (Phi) is 3.27. The molecule has 1 atom stereocenters. The van der Waals surface area contributed by atoms with Crippen LogP contribution in [0.4, 0.5) is 0 Å². The molecule has 132 valence electrons. The molecule has 2 aromatic carbocycles. The lowest BCUT2D eigenvalue weighted by Crippen LogP contribution is -1.91. The van der Waals surface area contributed by atoms with Crippen LogP contribution in [0.2, 0.25) is 0 Å². The average molecular weight is 346 g/mol. The van der Waals surface area contributed by atoms with Crippen LogP contribution in [0.5, 0.6) is 0 Å². The SMILES string of the molecule is Cc1cc2c(cc1-c1nc3cc4nc(C(C)C)oc4cc3o1)CCC2C. The summed E-state index contributed by atoms with van der Waals surface area (Å²) >= 11 is 0. The molecule has 0 amide bonds. The van der Waals surface area contributed by atoms with Crippen LogP contribution in [0.25, 0.3) is 33.7 Å². The zero-order valence-corrected chi connectivity index (χ0v) is 15.6. The third-order valence-electron chi connectivity index (χ3n) is 5.50. The van der Waals surface area contributed by atoms with Crippen molar-refractivity contribution in [1.82, 2.24) is 9.97 Å². The summed E-state index contributed by atoms with van der Waals surface area (Å²) in [6.45, 7) is 8.58. The van der Waals surface area contributed by atoms with Gasteiger partial charge in [-0.15, -0.1) is 0 Å². The van der Waals surface area contributed by atoms with Crippen molar-refractivity contribution in [2.75, 3.05) is 0 Å². The van der Waals surface area contributed by atoms with Crippen LogP contribution in [0.1, 0.15) is 61.6 Å². The molecule has 4 heteroatoms. The number of oxazole rings is 2. The number of fused-ring (bicyclic) bond motifs is 3. The fraction of sp³-hybridized carbons (Fsp3) is 0.364. The van der Waals surface area contributed by atoms with Crippen molar-refractivity contribution < 1.29 is 8.83 Å². The number of benzene rings is 2. The minimum Gasteiger partial charge on any atom is -0.440 e. The first-order chi connectivity index (χ1) is 12.5. The topological polar surface area (TPSA) is 52.1 Å². The summed E-state index contributed by atoms with van der Waals surface area (Å²) in [5, 5.41) is 0. The van der Waals surface area contributed by atoms with Gasteiger partial charge >= 0.3 is 0 Å². The second kappa shape index (κ2) is 5.44. The van der Waals surface area contributed by atoms with Crippen LogP contribution < -0.4 is 0 Å². The molecule has 0 aliphatic heterocycles. The van der Waals surface area contributed by atoms with Crippen LogP contribution in [0, 0.1) is 6.92 Å². The van der Waals surface area contributed by atoms with E-state index in [1.54, 1.807) is 0 Å². The maximum absolute atomic E-state index is 6.10. The second-order valence-electron chi connectivity index (χ2n) is 7.82. The molecular formula is C22H22N2O2. The quantitative estimate of drug-likeness (QED) is 0.439. The molecule has 5 rings (SSSR count). The lowest BCUT2D eigenvalue weighted by molar-refractivity contribution is 0.501. The molecule has 2 aromatic heterocycles. The first-order valence-electron chi connectivity index (χ1n) is 9.34. The normalized spacial score (nSPS) is 16.9. The monoisotopic (exact) mass is 346 g/mol. The number of aryl methyl sites for hydroxylation is 2. The zero-order chi connectivity index (χ0) is 18.0. The summed E-state index contributed by atoms with van der Waals surface area (Å²) in [7, 11) is 0. The summed E-state index contributed by atoms with van der Waals surface area (Å²) in [6.07, 6.45) is 2.37. The lowest BCUT2D eigenvalue weighted by Gasteiger charge is -2.09. The first-order valence-corrected chi connectivity index (χ1v) is 9.34. The van der Waals surface area contributed by atoms with Crippen LogP contribution in [0.3, 0.4) is 0 Å². The van der Waals surface area contributed by atoms with Crippen molar-refractivity contribution in [3.8, 4) is 11.5 Å². The maximum Gasteiger partial charge on any atom is 0.227 e. The molecule has 0 saturated heterocycles. The summed E-state index contributed by atoms with van der Waals surface area (Å²) in [6, 6.07) is 8.43. The molecule has 2 heterocycles. The van der Waals surface area contributed by atoms with Gasteiger partial charge in [-0.2, -0.15) is 0 Å². The van der Waals surface area contributed by atoms with E-state index in [1.165, 1.54) is 23.1 Å². The van der Waals surface area contributed by atoms with Crippen molar-refractivity contribution in [2.24, 2.45) is 0 Å². The molecule has 0 radical (unpaired) electrons. The summed E-state index contributed by atoms with van der Waals surface area (Å²) in [5.74, 6) is 2.33. The summed E-state index contributed by atoms with van der Waals surface area (Å²) in [5.41, 5.74) is 8.36. The Morgan fingerprint density at radius 1 is 1.00 bits per heavy atom. The molecule has 1 aliphatic carbocycles. The zero-order valence-electron chi connectivity index (χ0n) is 15.6. The van der Waals surface area contributed by atoms with Gasteiger partial charge in [0.05, 0.1) is 0 Å². The number of nitrogens with zero attached hydrogens (tertiary/aromatic N) is 2. The predicted octanol–water partition coefficient (Wildman–Crippen LogP) is 6.12. The fourth-order valence-corrected chi connectivity index (χ4v) is 3.94. The van der Waals surface area contributed by atoms with E-state index in [2.05, 4.69) is 44.8 Å². The average Bonchev–Trinajstić information content (AvgIpc) is 3.28. The van der Waals surface area contributed by atoms with Gasteiger partial charge in [0.25, 0.3) is 0 Å². The third kappa shape index (κ3) is 2.28. The highest BCUT2D eigenvalue weighted by Gasteiger charge is 2.22. The Balaban J connectivity index is 1.64. The van der Waals surface area contributed by atoms with E-state index in [9.17, 15) is 0 Å². The van der Waals surface area contributed by atoms with E-state index in [4.69, 9.17) is 13.8 Å². The minimum atomic E-state index is 0.258. The number of aromatic nitrogens is 2. The second-order valence-corrected chi connectivity index (χ2v) is 7.82. The Morgan fingerprint density at radius 2 is 1.77 bits per heavy atom. The smallest absolute Gasteiger partial charge is 0.227 e. The van der Waals surface area contributed by atoms with E-state index in [0.717, 1.165) is 40.1 Å². The number of hydrogen-bond acceptors (Lipinski definition) is 4. The van der Waals surface area contributed by atoms with Gasteiger partial charge in [-0.05, 0) is 54.5 Å². The molecule has 0 bridgehead atoms. The van der Waals surface area contributed by atoms with Gasteiger partial charge < -0.3 is 8.83 Å². The van der Waals surface area contributed by atoms with E-state index in [1.807, 2.05) is 12.1 Å². The van der Waals surface area contributed by atoms with Crippen molar-refractivity contribution in [2.45, 2.75) is 52.4 Å². The Labute approximate surface area is 152 Å². The van der Waals surface area contributed by atoms with Crippen LogP contribution in [0.15, 0.2) is 33.1 Å². The molecule has 26 heavy (non-hydrogen) atoms. The molecule has 4 aromatic rings. The van der Waals surface area contributed by atoms with E-state index in [-0.39, 0.29) is 5.92 Å². The van der Waals surface area contributed by atoms with Crippen LogP contribution >= 0.6 is 0 Å². The Bertz CT molecular complexity index is 1100. The lowest BCUT2D eigenvalue weighted by atomic mass is 9.97. The molecule has 0 saturated carbocycles. The highest BCUT2D eigenvalue weighted by atomic mass is 16.4. The van der Waals surface area contributed by atoms with Crippen molar-refractivity contribution >= 4 is 22.2 Å². The fourth-order valence-electron chi connectivity index (χ4n) is 3.94. The molecule has 4 nitrogen and oxygen atoms in total. The van der Waals surface area contributed by atoms with Gasteiger partial charge in [-0.1, -0.05) is 26.8 Å². The van der Waals surface area contributed by atoms with Gasteiger partial charge in [-0.3, -0.25) is 0 Å². The van der Waals surface area contributed by atoms with Gasteiger partial charge in [0.1, 0.15) is 11.0 Å². The highest BCUT2D eigenvalue weighted by molar-refractivity contribution is 5.90. The molecular weight excluding hydrogens is 324 g/mol. The summed E-state index contributed by atoms with van der Waals surface area (Å²) in [4.78, 5) is 9.31. The maximum atomic E-state index is 6.10. The molecule has 0 spiro atoms. The van der Waals surface area contributed by atoms with E-state index in [0.29, 0.717) is 11.8 Å². The van der Waals surface area contributed by atoms with Crippen molar-refractivity contribution in [3.05, 3.63) is 46.8 Å². The summed E-state index contributed by atoms with van der Waals surface area (Å²) < 4.78 is 12.0. The highest BCUT2D eigenvalue weighted by Crippen LogP contribution is 2.38. The standard InChI is InChI=1S/C22H22N2O2/c1-11(2)21-23-17-9-18-20(10-19(17)25-21)26-22(24-18)16-8-14-6-5-12(3)15(14)7-13(16)4/h7-12H,5-6H2,1-4H3. The van der Waals surface area contributed by atoms with E-state index >= 15 is 0 Å². The molecule has 1 aliphatic rings. The minimum absolute atomic E-state index is 0.258. The van der Waals surface area contributed by atoms with E-state index < -0.39 is 0 Å². The molecule has 1 unspecified atom stereocenters. The van der Waals surface area contributed by atoms with Crippen molar-refractivity contribution in [1.29, 1.82) is 0 Å². The largest absolute Gasteiger partial charge is 0.440 e. The van der Waals surface area contributed by atoms with Crippen molar-refractivity contribution in [3.63, 3.8) is 0 Å². The number of hydrogen-bond donors (Lipinski definition) is 0. The Hall–Kier alpha value is -2.62. The third-order valence-corrected chi connectivity index (χ3v) is 5.50. The molecule has 0 N–H and O–H groups in total. The Morgan fingerprint density at radius 3 is 2.58 bits per heavy atom. The van der Waals surface area contributed by atoms with Crippen LogP contribution in [-0.2, 0) is 6.42 Å². The molecule has 0 fully saturated rings. The van der Waals surface area contributed by atoms with Crippen LogP contribution in [-0.4, -0.2) is 9.97 Å². The predicted molar refractivity (Wildman–Crippen MR) is 103 cm³/mol. The first kappa shape index (κ1) is 15.6. The van der Waals surface area contributed by atoms with Gasteiger partial charge in [-0.25, -0.2) is 9.97 Å².